The van der Waals surface area contributed by atoms with Gasteiger partial charge in [-0.05, 0) is 13.0 Å². The van der Waals surface area contributed by atoms with Crippen LogP contribution < -0.4 is 0 Å². The molecule has 0 aliphatic rings. The first-order chi connectivity index (χ1) is 7.41. The summed E-state index contributed by atoms with van der Waals surface area (Å²) in [5, 5.41) is 0.0322. The van der Waals surface area contributed by atoms with E-state index >= 15 is 0 Å². The zero-order valence-corrected chi connectivity index (χ0v) is 10.9. The van der Waals surface area contributed by atoms with Gasteiger partial charge >= 0.3 is 6.18 Å². The zero-order valence-electron chi connectivity index (χ0n) is 10.1. The van der Waals surface area contributed by atoms with Crippen LogP contribution in [-0.2, 0) is 6.18 Å². The summed E-state index contributed by atoms with van der Waals surface area (Å²) in [5.41, 5.74) is -0.428. The molecule has 0 unspecified atom stereocenters. The molecule has 0 aromatic carbocycles. The number of hydrogen-bond donors (Lipinski definition) is 0. The van der Waals surface area contributed by atoms with Crippen molar-refractivity contribution in [1.82, 2.24) is 4.98 Å². The van der Waals surface area contributed by atoms with E-state index in [1.807, 2.05) is 27.7 Å². The van der Waals surface area contributed by atoms with E-state index in [1.165, 1.54) is 0 Å². The number of alkyl halides is 3. The molecule has 0 fully saturated rings. The van der Waals surface area contributed by atoms with Gasteiger partial charge in [0.05, 0.1) is 16.3 Å². The van der Waals surface area contributed by atoms with Crippen molar-refractivity contribution in [2.75, 3.05) is 0 Å². The van der Waals surface area contributed by atoms with Crippen LogP contribution in [0, 0.1) is 6.92 Å². The Labute approximate surface area is 99.7 Å². The predicted molar refractivity (Wildman–Crippen MR) is 61.7 cm³/mol. The topological polar surface area (TPSA) is 12.9 Å². The summed E-state index contributed by atoms with van der Waals surface area (Å²) >= 11 is 5.46. The summed E-state index contributed by atoms with van der Waals surface area (Å²) in [4.78, 5) is 3.49. The van der Waals surface area contributed by atoms with E-state index in [4.69, 9.17) is 11.6 Å². The highest BCUT2D eigenvalue weighted by Crippen LogP contribution is 2.30. The van der Waals surface area contributed by atoms with Gasteiger partial charge < -0.3 is 0 Å². The lowest BCUT2D eigenvalue weighted by Gasteiger charge is -2.06. The van der Waals surface area contributed by atoms with Gasteiger partial charge in [-0.15, -0.1) is 0 Å². The van der Waals surface area contributed by atoms with Crippen LogP contribution in [0.15, 0.2) is 12.3 Å². The Morgan fingerprint density at radius 3 is 1.88 bits per heavy atom. The minimum atomic E-state index is -4.37. The van der Waals surface area contributed by atoms with Gasteiger partial charge in [-0.2, -0.15) is 13.2 Å². The van der Waals surface area contributed by atoms with Crippen LogP contribution in [0.3, 0.4) is 0 Å². The third-order valence-corrected chi connectivity index (χ3v) is 1.74. The Balaban J connectivity index is 0. The monoisotopic (exact) mass is 255 g/mol. The number of halogens is 4. The molecule has 1 heterocycles. The molecule has 94 valence electrons. The minimum absolute atomic E-state index is 0.0322. The van der Waals surface area contributed by atoms with E-state index in [2.05, 4.69) is 4.98 Å². The third-order valence-electron chi connectivity index (χ3n) is 1.35. The molecule has 0 spiro atoms. The van der Waals surface area contributed by atoms with Crippen molar-refractivity contribution in [3.05, 3.63) is 28.5 Å². The molecule has 0 radical (unpaired) electrons. The Kier molecular flexibility index (Phi) is 9.24. The maximum absolute atomic E-state index is 12.0. The van der Waals surface area contributed by atoms with Gasteiger partial charge in [0.25, 0.3) is 0 Å². The van der Waals surface area contributed by atoms with Crippen molar-refractivity contribution in [2.24, 2.45) is 0 Å². The van der Waals surface area contributed by atoms with E-state index < -0.39 is 11.7 Å². The lowest BCUT2D eigenvalue weighted by molar-refractivity contribution is -0.137. The van der Waals surface area contributed by atoms with E-state index in [0.717, 1.165) is 12.3 Å². The van der Waals surface area contributed by atoms with Crippen molar-refractivity contribution in [3.8, 4) is 0 Å². The van der Waals surface area contributed by atoms with Crippen LogP contribution in [0.1, 0.15) is 39.0 Å². The molecule has 0 saturated heterocycles. The van der Waals surface area contributed by atoms with Gasteiger partial charge in [0.1, 0.15) is 0 Å². The molecule has 1 nitrogen and oxygen atoms in total. The fourth-order valence-corrected chi connectivity index (χ4v) is 0.828. The van der Waals surface area contributed by atoms with Crippen LogP contribution in [-0.4, -0.2) is 4.98 Å². The quantitative estimate of drug-likeness (QED) is 0.627. The van der Waals surface area contributed by atoms with E-state index in [1.54, 1.807) is 6.92 Å². The van der Waals surface area contributed by atoms with Crippen molar-refractivity contribution in [2.45, 2.75) is 40.8 Å². The van der Waals surface area contributed by atoms with Crippen LogP contribution in [0.2, 0.25) is 5.02 Å². The van der Waals surface area contributed by atoms with Crippen LogP contribution >= 0.6 is 11.6 Å². The number of aryl methyl sites for hydroxylation is 1. The molecule has 0 aliphatic heterocycles. The SMILES string of the molecule is CC.CC.Cc1ncc(C(F)(F)F)cc1Cl. The highest BCUT2D eigenvalue weighted by atomic mass is 35.5. The first-order valence-electron chi connectivity index (χ1n) is 5.10. The van der Waals surface area contributed by atoms with Crippen molar-refractivity contribution >= 4 is 11.6 Å². The van der Waals surface area contributed by atoms with Gasteiger partial charge in [0.15, 0.2) is 0 Å². The molecule has 0 bridgehead atoms. The predicted octanol–water partition coefficient (Wildman–Crippen LogP) is 5.11. The number of aromatic nitrogens is 1. The Bertz CT molecular complexity index is 298. The molecular weight excluding hydrogens is 239 g/mol. The summed E-state index contributed by atoms with van der Waals surface area (Å²) in [5.74, 6) is 0. The van der Waals surface area contributed by atoms with Gasteiger partial charge in [-0.1, -0.05) is 39.3 Å². The fourth-order valence-electron chi connectivity index (χ4n) is 0.661. The first-order valence-corrected chi connectivity index (χ1v) is 5.48. The maximum Gasteiger partial charge on any atom is 0.417 e. The largest absolute Gasteiger partial charge is 0.417 e. The molecule has 0 aliphatic carbocycles. The van der Waals surface area contributed by atoms with Gasteiger partial charge in [-0.25, -0.2) is 0 Å². The molecule has 0 atom stereocenters. The molecule has 1 aromatic heterocycles. The number of rotatable bonds is 0. The molecule has 0 saturated carbocycles. The summed E-state index contributed by atoms with van der Waals surface area (Å²) in [6.07, 6.45) is -3.61. The van der Waals surface area contributed by atoms with Crippen molar-refractivity contribution in [1.29, 1.82) is 0 Å². The van der Waals surface area contributed by atoms with Crippen LogP contribution in [0.4, 0.5) is 13.2 Å². The smallest absolute Gasteiger partial charge is 0.259 e. The van der Waals surface area contributed by atoms with Gasteiger partial charge in [0.2, 0.25) is 0 Å². The minimum Gasteiger partial charge on any atom is -0.259 e. The summed E-state index contributed by atoms with van der Waals surface area (Å²) in [6.45, 7) is 9.54. The van der Waals surface area contributed by atoms with E-state index in [-0.39, 0.29) is 5.02 Å². The Morgan fingerprint density at radius 1 is 1.12 bits per heavy atom. The summed E-state index contributed by atoms with van der Waals surface area (Å²) < 4.78 is 36.0. The van der Waals surface area contributed by atoms with E-state index in [9.17, 15) is 13.2 Å². The molecule has 16 heavy (non-hydrogen) atoms. The van der Waals surface area contributed by atoms with E-state index in [0.29, 0.717) is 5.69 Å². The molecule has 1 rings (SSSR count). The van der Waals surface area contributed by atoms with Crippen LogP contribution in [0.25, 0.3) is 0 Å². The first kappa shape index (κ1) is 17.6. The lowest BCUT2D eigenvalue weighted by atomic mass is 10.2. The second-order valence-electron chi connectivity index (χ2n) is 2.29. The standard InChI is InChI=1S/C7H5ClF3N.2C2H6/c1-4-6(8)2-5(3-12-4)7(9,10)11;2*1-2/h2-3H,1H3;2*1-2H3. The maximum atomic E-state index is 12.0. The second-order valence-corrected chi connectivity index (χ2v) is 2.70. The second kappa shape index (κ2) is 8.39. The highest BCUT2D eigenvalue weighted by Gasteiger charge is 2.31. The number of pyridine rings is 1. The average Bonchev–Trinajstić information content (AvgIpc) is 2.26. The highest BCUT2D eigenvalue weighted by molar-refractivity contribution is 6.31. The van der Waals surface area contributed by atoms with Crippen molar-refractivity contribution in [3.63, 3.8) is 0 Å². The number of nitrogens with zero attached hydrogens (tertiary/aromatic N) is 1. The number of hydrogen-bond acceptors (Lipinski definition) is 1. The molecule has 1 aromatic rings. The average molecular weight is 256 g/mol. The Hall–Kier alpha value is -0.770. The Morgan fingerprint density at radius 2 is 1.56 bits per heavy atom. The molecule has 5 heteroatoms. The normalized spacial score (nSPS) is 9.56. The molecular formula is C11H17ClF3N. The fraction of sp³-hybridized carbons (Fsp3) is 0.545. The van der Waals surface area contributed by atoms with Gasteiger partial charge in [0, 0.05) is 6.20 Å². The molecule has 0 amide bonds. The lowest BCUT2D eigenvalue weighted by Crippen LogP contribution is -2.05. The summed E-state index contributed by atoms with van der Waals surface area (Å²) in [7, 11) is 0. The van der Waals surface area contributed by atoms with Crippen LogP contribution in [0.5, 0.6) is 0 Å². The third kappa shape index (κ3) is 5.95. The van der Waals surface area contributed by atoms with Crippen molar-refractivity contribution < 1.29 is 13.2 Å². The molecule has 0 N–H and O–H groups in total. The summed E-state index contributed by atoms with van der Waals surface area (Å²) in [6, 6.07) is 0.865. The zero-order chi connectivity index (χ0) is 13.4. The van der Waals surface area contributed by atoms with Gasteiger partial charge in [-0.3, -0.25) is 4.98 Å².